The molecule has 2 rings (SSSR count). The Balaban J connectivity index is 1.94. The Morgan fingerprint density at radius 2 is 1.80 bits per heavy atom. The van der Waals surface area contributed by atoms with Gasteiger partial charge in [0.1, 0.15) is 6.10 Å². The molecule has 1 aromatic rings. The second-order valence-corrected chi connectivity index (χ2v) is 8.91. The van der Waals surface area contributed by atoms with Crippen LogP contribution < -0.4 is 0 Å². The molecule has 0 heterocycles. The number of carbonyl (C=O) groups excluding carboxylic acids is 1. The number of hydrogen-bond donors (Lipinski definition) is 0. The van der Waals surface area contributed by atoms with Crippen molar-refractivity contribution in [3.8, 4) is 0 Å². The largest absolute Gasteiger partial charge is 0.455 e. The molecule has 2 heteroatoms. The van der Waals surface area contributed by atoms with E-state index in [9.17, 15) is 4.79 Å². The van der Waals surface area contributed by atoms with E-state index in [0.717, 1.165) is 11.1 Å². The highest BCUT2D eigenvalue weighted by Crippen LogP contribution is 2.40. The molecule has 0 saturated heterocycles. The molecular formula is C28H36O2. The van der Waals surface area contributed by atoms with Crippen molar-refractivity contribution in [2.24, 2.45) is 5.41 Å². The van der Waals surface area contributed by atoms with Crippen LogP contribution in [0, 0.1) is 5.41 Å². The zero-order valence-corrected chi connectivity index (χ0v) is 19.4. The van der Waals surface area contributed by atoms with Crippen LogP contribution in [0.1, 0.15) is 72.5 Å². The van der Waals surface area contributed by atoms with Crippen molar-refractivity contribution in [3.05, 3.63) is 94.6 Å². The molecule has 0 aromatic heterocycles. The van der Waals surface area contributed by atoms with Crippen molar-refractivity contribution in [2.45, 2.75) is 66.9 Å². The average molecular weight is 405 g/mol. The maximum Gasteiger partial charge on any atom is 0.331 e. The zero-order chi connectivity index (χ0) is 22.1. The van der Waals surface area contributed by atoms with Crippen molar-refractivity contribution >= 4 is 5.97 Å². The summed E-state index contributed by atoms with van der Waals surface area (Å²) in [6.45, 7) is 12.8. The third kappa shape index (κ3) is 7.33. The third-order valence-corrected chi connectivity index (χ3v) is 5.68. The van der Waals surface area contributed by atoms with Gasteiger partial charge in [-0.2, -0.15) is 0 Å². The number of allylic oxidation sites excluding steroid dienone is 9. The number of rotatable bonds is 7. The number of carbonyl (C=O) groups is 1. The fraction of sp³-hybridized carbons (Fsp3) is 0.393. The first-order valence-corrected chi connectivity index (χ1v) is 10.9. The van der Waals surface area contributed by atoms with E-state index in [2.05, 4.69) is 45.9 Å². The third-order valence-electron chi connectivity index (χ3n) is 5.68. The minimum Gasteiger partial charge on any atom is -0.455 e. The van der Waals surface area contributed by atoms with E-state index in [0.29, 0.717) is 0 Å². The maximum absolute atomic E-state index is 12.1. The lowest BCUT2D eigenvalue weighted by molar-refractivity contribution is -0.142. The van der Waals surface area contributed by atoms with Crippen molar-refractivity contribution in [1.29, 1.82) is 0 Å². The lowest BCUT2D eigenvalue weighted by atomic mass is 9.72. The molecule has 0 fully saturated rings. The van der Waals surface area contributed by atoms with Crippen LogP contribution in [0.5, 0.6) is 0 Å². The minimum atomic E-state index is -0.323. The monoisotopic (exact) mass is 404 g/mol. The summed E-state index contributed by atoms with van der Waals surface area (Å²) in [6.07, 6.45) is 15.4. The molecular weight excluding hydrogens is 368 g/mol. The number of hydrogen-bond acceptors (Lipinski definition) is 2. The molecule has 0 N–H and O–H groups in total. The molecule has 0 saturated carbocycles. The number of ether oxygens (including phenoxy) is 1. The Hall–Kier alpha value is -2.61. The van der Waals surface area contributed by atoms with E-state index in [1.807, 2.05) is 56.3 Å². The highest BCUT2D eigenvalue weighted by molar-refractivity contribution is 5.83. The van der Waals surface area contributed by atoms with Gasteiger partial charge in [0.05, 0.1) is 0 Å². The molecule has 1 aromatic carbocycles. The first kappa shape index (κ1) is 23.7. The summed E-state index contributed by atoms with van der Waals surface area (Å²) in [5.41, 5.74) is 6.26. The lowest BCUT2D eigenvalue weighted by Gasteiger charge is -2.32. The molecule has 1 atom stereocenters. The zero-order valence-electron chi connectivity index (χ0n) is 19.4. The Kier molecular flexibility index (Phi) is 8.65. The molecule has 1 aliphatic rings. The lowest BCUT2D eigenvalue weighted by Crippen LogP contribution is -2.19. The highest BCUT2D eigenvalue weighted by atomic mass is 16.5. The van der Waals surface area contributed by atoms with Crippen LogP contribution in [-0.4, -0.2) is 5.97 Å². The molecule has 0 aliphatic heterocycles. The van der Waals surface area contributed by atoms with Gasteiger partial charge in [0.25, 0.3) is 0 Å². The summed E-state index contributed by atoms with van der Waals surface area (Å²) in [7, 11) is 0. The second kappa shape index (κ2) is 11.0. The van der Waals surface area contributed by atoms with E-state index in [4.69, 9.17) is 4.74 Å². The standard InChI is InChI=1S/C28H36O2/c1-21(17-18-26-23(3)14-11-19-28(26,5)6)12-10-13-22(2)20-27(29)30-24(4)25-15-8-7-9-16-25/h7-10,12-13,15-18,20,24H,11,14,19H2,1-6H3/b13-10+,18-17+,21-12+,22-20+. The van der Waals surface area contributed by atoms with Gasteiger partial charge in [0.2, 0.25) is 0 Å². The highest BCUT2D eigenvalue weighted by Gasteiger charge is 2.26. The molecule has 1 unspecified atom stereocenters. The summed E-state index contributed by atoms with van der Waals surface area (Å²) in [5.74, 6) is -0.323. The van der Waals surface area contributed by atoms with Crippen LogP contribution in [-0.2, 0) is 9.53 Å². The topological polar surface area (TPSA) is 26.3 Å². The van der Waals surface area contributed by atoms with Gasteiger partial charge in [-0.05, 0) is 69.1 Å². The quantitative estimate of drug-likeness (QED) is 0.263. The normalized spacial score (nSPS) is 18.9. The van der Waals surface area contributed by atoms with Gasteiger partial charge in [0, 0.05) is 6.08 Å². The van der Waals surface area contributed by atoms with Crippen molar-refractivity contribution in [2.75, 3.05) is 0 Å². The van der Waals surface area contributed by atoms with Crippen molar-refractivity contribution in [3.63, 3.8) is 0 Å². The van der Waals surface area contributed by atoms with E-state index < -0.39 is 0 Å². The summed E-state index contributed by atoms with van der Waals surface area (Å²) in [5, 5.41) is 0. The van der Waals surface area contributed by atoms with Crippen molar-refractivity contribution < 1.29 is 9.53 Å². The number of benzene rings is 1. The molecule has 1 aliphatic carbocycles. The predicted octanol–water partition coefficient (Wildman–Crippen LogP) is 7.82. The number of esters is 1. The average Bonchev–Trinajstić information content (AvgIpc) is 2.67. The van der Waals surface area contributed by atoms with Gasteiger partial charge in [-0.1, -0.05) is 85.7 Å². The first-order chi connectivity index (χ1) is 14.2. The molecule has 160 valence electrons. The van der Waals surface area contributed by atoms with Crippen LogP contribution in [0.15, 0.2) is 89.1 Å². The first-order valence-electron chi connectivity index (χ1n) is 10.9. The van der Waals surface area contributed by atoms with E-state index in [-0.39, 0.29) is 17.5 Å². The molecule has 0 bridgehead atoms. The van der Waals surface area contributed by atoms with Crippen LogP contribution in [0.3, 0.4) is 0 Å². The van der Waals surface area contributed by atoms with Crippen LogP contribution in [0.25, 0.3) is 0 Å². The second-order valence-electron chi connectivity index (χ2n) is 8.91. The SMILES string of the molecule is CC1=C(/C=C/C(C)=C/C=C/C(C)=C/C(=O)OC(C)c2ccccc2)C(C)(C)CCC1. The fourth-order valence-corrected chi connectivity index (χ4v) is 3.87. The summed E-state index contributed by atoms with van der Waals surface area (Å²) >= 11 is 0. The smallest absolute Gasteiger partial charge is 0.331 e. The Morgan fingerprint density at radius 1 is 1.10 bits per heavy atom. The van der Waals surface area contributed by atoms with Gasteiger partial charge in [0.15, 0.2) is 0 Å². The van der Waals surface area contributed by atoms with Gasteiger partial charge >= 0.3 is 5.97 Å². The van der Waals surface area contributed by atoms with E-state index in [1.54, 1.807) is 0 Å². The maximum atomic E-state index is 12.1. The molecule has 0 radical (unpaired) electrons. The van der Waals surface area contributed by atoms with E-state index in [1.165, 1.54) is 42.1 Å². The van der Waals surface area contributed by atoms with Gasteiger partial charge in [-0.15, -0.1) is 0 Å². The fourth-order valence-electron chi connectivity index (χ4n) is 3.87. The van der Waals surface area contributed by atoms with Crippen LogP contribution in [0.4, 0.5) is 0 Å². The Morgan fingerprint density at radius 3 is 2.47 bits per heavy atom. The van der Waals surface area contributed by atoms with Gasteiger partial charge < -0.3 is 4.74 Å². The molecule has 30 heavy (non-hydrogen) atoms. The van der Waals surface area contributed by atoms with Crippen molar-refractivity contribution in [1.82, 2.24) is 0 Å². The van der Waals surface area contributed by atoms with E-state index >= 15 is 0 Å². The van der Waals surface area contributed by atoms with Gasteiger partial charge in [-0.25, -0.2) is 4.79 Å². The summed E-state index contributed by atoms with van der Waals surface area (Å²) in [4.78, 5) is 12.1. The molecule has 0 spiro atoms. The summed E-state index contributed by atoms with van der Waals surface area (Å²) < 4.78 is 5.49. The molecule has 2 nitrogen and oxygen atoms in total. The molecule has 0 amide bonds. The Labute approximate surface area is 182 Å². The van der Waals surface area contributed by atoms with Crippen LogP contribution >= 0.6 is 0 Å². The predicted molar refractivity (Wildman–Crippen MR) is 127 cm³/mol. The van der Waals surface area contributed by atoms with Gasteiger partial charge in [-0.3, -0.25) is 0 Å². The summed E-state index contributed by atoms with van der Waals surface area (Å²) in [6, 6.07) is 9.76. The minimum absolute atomic E-state index is 0.255. The van der Waals surface area contributed by atoms with Crippen LogP contribution in [0.2, 0.25) is 0 Å². The Bertz CT molecular complexity index is 876.